The summed E-state index contributed by atoms with van der Waals surface area (Å²) < 4.78 is 0. The van der Waals surface area contributed by atoms with E-state index in [0.29, 0.717) is 6.04 Å². The summed E-state index contributed by atoms with van der Waals surface area (Å²) in [6.45, 7) is 3.31. The Morgan fingerprint density at radius 2 is 2.32 bits per heavy atom. The number of H-pyrrole nitrogens is 1. The van der Waals surface area contributed by atoms with Crippen LogP contribution in [0.25, 0.3) is 17.0 Å². The highest BCUT2D eigenvalue weighted by Crippen LogP contribution is 2.25. The average molecular weight is 254 g/mol. The second-order valence-electron chi connectivity index (χ2n) is 5.60. The molecule has 3 rings (SSSR count). The van der Waals surface area contributed by atoms with E-state index < -0.39 is 0 Å². The van der Waals surface area contributed by atoms with Crippen molar-refractivity contribution in [3.8, 4) is 0 Å². The van der Waals surface area contributed by atoms with Crippen LogP contribution >= 0.6 is 0 Å². The number of benzene rings is 1. The number of allylic oxidation sites excluding steroid dienone is 1. The maximum Gasteiger partial charge on any atom is 0.0457 e. The van der Waals surface area contributed by atoms with E-state index in [-0.39, 0.29) is 0 Å². The van der Waals surface area contributed by atoms with Crippen LogP contribution in [0, 0.1) is 0 Å². The Morgan fingerprint density at radius 1 is 1.42 bits per heavy atom. The van der Waals surface area contributed by atoms with E-state index in [1.54, 1.807) is 0 Å². The van der Waals surface area contributed by atoms with Gasteiger partial charge in [0.05, 0.1) is 0 Å². The molecule has 0 saturated carbocycles. The second-order valence-corrected chi connectivity index (χ2v) is 5.60. The van der Waals surface area contributed by atoms with Gasteiger partial charge in [0.1, 0.15) is 0 Å². The fraction of sp³-hybridized carbons (Fsp3) is 0.412. The van der Waals surface area contributed by atoms with Crippen LogP contribution in [0.5, 0.6) is 0 Å². The van der Waals surface area contributed by atoms with Gasteiger partial charge in [-0.05, 0) is 63.0 Å². The summed E-state index contributed by atoms with van der Waals surface area (Å²) in [4.78, 5) is 5.90. The minimum absolute atomic E-state index is 0.712. The van der Waals surface area contributed by atoms with Crippen molar-refractivity contribution in [1.29, 1.82) is 0 Å². The van der Waals surface area contributed by atoms with Gasteiger partial charge in [0.25, 0.3) is 0 Å². The average Bonchev–Trinajstić information content (AvgIpc) is 2.98. The van der Waals surface area contributed by atoms with Crippen molar-refractivity contribution in [3.63, 3.8) is 0 Å². The fourth-order valence-electron chi connectivity index (χ4n) is 3.15. The number of hydrogen-bond acceptors (Lipinski definition) is 1. The molecule has 0 amide bonds. The first-order valence-electron chi connectivity index (χ1n) is 7.21. The molecular formula is C17H22N2. The molecule has 1 aliphatic rings. The molecule has 1 fully saturated rings. The molecule has 100 valence electrons. The lowest BCUT2D eigenvalue weighted by Crippen LogP contribution is -2.26. The molecule has 2 heterocycles. The van der Waals surface area contributed by atoms with Crippen LogP contribution in [0.3, 0.4) is 0 Å². The van der Waals surface area contributed by atoms with Crippen molar-refractivity contribution >= 4 is 17.0 Å². The van der Waals surface area contributed by atoms with Gasteiger partial charge in [0.2, 0.25) is 0 Å². The molecular weight excluding hydrogens is 232 g/mol. The topological polar surface area (TPSA) is 19.0 Å². The maximum absolute atomic E-state index is 3.40. The highest BCUT2D eigenvalue weighted by molar-refractivity contribution is 5.85. The smallest absolute Gasteiger partial charge is 0.0457 e. The molecule has 1 aliphatic heterocycles. The Kier molecular flexibility index (Phi) is 3.43. The van der Waals surface area contributed by atoms with Crippen LogP contribution < -0.4 is 0 Å². The quantitative estimate of drug-likeness (QED) is 0.881. The third kappa shape index (κ3) is 2.45. The Balaban J connectivity index is 1.92. The highest BCUT2D eigenvalue weighted by atomic mass is 15.1. The Morgan fingerprint density at radius 3 is 3.05 bits per heavy atom. The molecule has 2 nitrogen and oxygen atoms in total. The van der Waals surface area contributed by atoms with E-state index in [2.05, 4.69) is 60.4 Å². The predicted octanol–water partition coefficient (Wildman–Crippen LogP) is 3.84. The normalized spacial score (nSPS) is 20.8. The first kappa shape index (κ1) is 12.5. The van der Waals surface area contributed by atoms with Gasteiger partial charge in [-0.2, -0.15) is 0 Å². The second kappa shape index (κ2) is 5.22. The minimum Gasteiger partial charge on any atom is -0.361 e. The number of likely N-dealkylation sites (N-methyl/N-ethyl adjacent to an activating group) is 1. The van der Waals surface area contributed by atoms with Gasteiger partial charge < -0.3 is 9.88 Å². The molecule has 2 aromatic rings. The SMILES string of the molecule is C/C=C/c1ccc2[nH]cc(C[C@H]3CCCN3C)c2c1. The van der Waals surface area contributed by atoms with Gasteiger partial charge in [-0.1, -0.05) is 18.2 Å². The fourth-order valence-corrected chi connectivity index (χ4v) is 3.15. The van der Waals surface area contributed by atoms with Crippen LogP contribution in [0.4, 0.5) is 0 Å². The van der Waals surface area contributed by atoms with E-state index in [4.69, 9.17) is 0 Å². The molecule has 0 aliphatic carbocycles. The summed E-state index contributed by atoms with van der Waals surface area (Å²) in [5.74, 6) is 0. The minimum atomic E-state index is 0.712. The molecule has 0 spiro atoms. The molecule has 1 N–H and O–H groups in total. The Hall–Kier alpha value is -1.54. The van der Waals surface area contributed by atoms with Crippen LogP contribution in [0.2, 0.25) is 0 Å². The number of nitrogens with zero attached hydrogens (tertiary/aromatic N) is 1. The standard InChI is InChI=1S/C17H22N2/c1-3-5-13-7-8-17-16(10-13)14(12-18-17)11-15-6-4-9-19(15)2/h3,5,7-8,10,12,15,18H,4,6,9,11H2,1-2H3/b5-3+/t15-/m1/s1. The van der Waals surface area contributed by atoms with Crippen molar-refractivity contribution < 1.29 is 0 Å². The molecule has 1 aromatic heterocycles. The van der Waals surface area contributed by atoms with Crippen LogP contribution in [-0.2, 0) is 6.42 Å². The van der Waals surface area contributed by atoms with Gasteiger partial charge in [-0.3, -0.25) is 0 Å². The van der Waals surface area contributed by atoms with Gasteiger partial charge >= 0.3 is 0 Å². The van der Waals surface area contributed by atoms with Gasteiger partial charge in [-0.25, -0.2) is 0 Å². The number of likely N-dealkylation sites (tertiary alicyclic amines) is 1. The first-order chi connectivity index (χ1) is 9.28. The van der Waals surface area contributed by atoms with Gasteiger partial charge in [0, 0.05) is 23.1 Å². The number of rotatable bonds is 3. The molecule has 0 radical (unpaired) electrons. The van der Waals surface area contributed by atoms with Crippen LogP contribution in [0.1, 0.15) is 30.9 Å². The van der Waals surface area contributed by atoms with Crippen molar-refractivity contribution in [1.82, 2.24) is 9.88 Å². The zero-order valence-corrected chi connectivity index (χ0v) is 11.8. The summed E-state index contributed by atoms with van der Waals surface area (Å²) >= 11 is 0. The van der Waals surface area contributed by atoms with E-state index in [1.165, 1.54) is 41.4 Å². The Labute approximate surface area is 115 Å². The summed E-state index contributed by atoms with van der Waals surface area (Å²) in [7, 11) is 2.25. The lowest BCUT2D eigenvalue weighted by atomic mass is 10.0. The summed E-state index contributed by atoms with van der Waals surface area (Å²) in [5, 5.41) is 1.39. The summed E-state index contributed by atoms with van der Waals surface area (Å²) in [6.07, 6.45) is 10.3. The third-order valence-electron chi connectivity index (χ3n) is 4.28. The number of hydrogen-bond donors (Lipinski definition) is 1. The van der Waals surface area contributed by atoms with Crippen molar-refractivity contribution in [2.75, 3.05) is 13.6 Å². The zero-order chi connectivity index (χ0) is 13.2. The lowest BCUT2D eigenvalue weighted by Gasteiger charge is -2.18. The number of nitrogens with one attached hydrogen (secondary N) is 1. The summed E-state index contributed by atoms with van der Waals surface area (Å²) in [5.41, 5.74) is 4.00. The third-order valence-corrected chi connectivity index (χ3v) is 4.28. The Bertz CT molecular complexity index is 594. The van der Waals surface area contributed by atoms with E-state index >= 15 is 0 Å². The van der Waals surface area contributed by atoms with Gasteiger partial charge in [-0.15, -0.1) is 0 Å². The molecule has 2 heteroatoms. The van der Waals surface area contributed by atoms with E-state index in [9.17, 15) is 0 Å². The van der Waals surface area contributed by atoms with Crippen LogP contribution in [0.15, 0.2) is 30.5 Å². The highest BCUT2D eigenvalue weighted by Gasteiger charge is 2.21. The largest absolute Gasteiger partial charge is 0.361 e. The van der Waals surface area contributed by atoms with Crippen molar-refractivity contribution in [2.24, 2.45) is 0 Å². The molecule has 19 heavy (non-hydrogen) atoms. The van der Waals surface area contributed by atoms with Crippen molar-refractivity contribution in [3.05, 3.63) is 41.6 Å². The molecule has 1 aromatic carbocycles. The maximum atomic E-state index is 3.40. The molecule has 0 bridgehead atoms. The molecule has 1 saturated heterocycles. The van der Waals surface area contributed by atoms with E-state index in [1.807, 2.05) is 0 Å². The lowest BCUT2D eigenvalue weighted by molar-refractivity contribution is 0.310. The number of fused-ring (bicyclic) bond motifs is 1. The zero-order valence-electron chi connectivity index (χ0n) is 11.8. The van der Waals surface area contributed by atoms with Crippen molar-refractivity contribution in [2.45, 2.75) is 32.2 Å². The monoisotopic (exact) mass is 254 g/mol. The molecule has 0 unspecified atom stereocenters. The summed E-state index contributed by atoms with van der Waals surface area (Å²) in [6, 6.07) is 7.37. The predicted molar refractivity (Wildman–Crippen MR) is 82.4 cm³/mol. The van der Waals surface area contributed by atoms with E-state index in [0.717, 1.165) is 6.42 Å². The first-order valence-corrected chi connectivity index (χ1v) is 7.21. The van der Waals surface area contributed by atoms with Gasteiger partial charge in [0.15, 0.2) is 0 Å². The number of aromatic nitrogens is 1. The van der Waals surface area contributed by atoms with Crippen LogP contribution in [-0.4, -0.2) is 29.5 Å². The molecule has 1 atom stereocenters. The number of aromatic amines is 1.